The molecule has 0 radical (unpaired) electrons. The van der Waals surface area contributed by atoms with Gasteiger partial charge in [0.05, 0.1) is 0 Å². The molecule has 1 atom stereocenters. The Morgan fingerprint density at radius 2 is 1.67 bits per heavy atom. The lowest BCUT2D eigenvalue weighted by Crippen LogP contribution is -1.97. The Hall–Kier alpha value is -0.0400. The number of hydrogen-bond donors (Lipinski definition) is 0. The molecule has 6 heavy (non-hydrogen) atoms. The molecule has 1 nitrogen and oxygen atoms in total. The third kappa shape index (κ3) is 0.432. The van der Waals surface area contributed by atoms with Crippen molar-refractivity contribution in [3.8, 4) is 0 Å². The molecule has 0 aromatic heterocycles. The molecular weight excluding hydrogens is 76.1 g/mol. The fourth-order valence-electron chi connectivity index (χ4n) is 0.462. The SMILES string of the molecule is C[C@H]1[OH+]C1(C)C. The molecule has 0 amide bonds. The molecule has 0 spiro atoms. The third-order valence-electron chi connectivity index (χ3n) is 1.48. The highest BCUT2D eigenvalue weighted by atomic mass is 16.6. The van der Waals surface area contributed by atoms with E-state index in [1.54, 1.807) is 0 Å². The predicted octanol–water partition coefficient (Wildman–Crippen LogP) is 0.695. The Morgan fingerprint density at radius 1 is 1.50 bits per heavy atom. The van der Waals surface area contributed by atoms with Crippen LogP contribution < -0.4 is 0 Å². The summed E-state index contributed by atoms with van der Waals surface area (Å²) in [6.45, 7) is 6.44. The van der Waals surface area contributed by atoms with Gasteiger partial charge >= 0.3 is 0 Å². The van der Waals surface area contributed by atoms with Gasteiger partial charge in [-0.15, -0.1) is 0 Å². The lowest BCUT2D eigenvalue weighted by molar-refractivity contribution is 0.138. The molecule has 1 N–H and O–H groups in total. The first kappa shape index (κ1) is 4.13. The summed E-state index contributed by atoms with van der Waals surface area (Å²) in [7, 11) is 0. The molecule has 0 aliphatic carbocycles. The number of aliphatic hydroxyl groups is 2. The van der Waals surface area contributed by atoms with E-state index >= 15 is 0 Å². The second kappa shape index (κ2) is 0.784. The van der Waals surface area contributed by atoms with E-state index in [0.29, 0.717) is 11.7 Å². The lowest BCUT2D eigenvalue weighted by Gasteiger charge is -1.75. The van der Waals surface area contributed by atoms with Gasteiger partial charge in [0.25, 0.3) is 0 Å². The minimum absolute atomic E-state index is 0.333. The largest absolute Gasteiger partial charge is 0.416 e. The first-order valence-electron chi connectivity index (χ1n) is 2.35. The Morgan fingerprint density at radius 3 is 1.67 bits per heavy atom. The molecule has 0 saturated carbocycles. The van der Waals surface area contributed by atoms with E-state index in [1.807, 2.05) is 0 Å². The monoisotopic (exact) mass is 87.1 g/mol. The zero-order valence-electron chi connectivity index (χ0n) is 4.52. The summed E-state index contributed by atoms with van der Waals surface area (Å²) in [6, 6.07) is 0. The van der Waals surface area contributed by atoms with Crippen LogP contribution in [0.3, 0.4) is 0 Å². The fourth-order valence-corrected chi connectivity index (χ4v) is 0.462. The van der Waals surface area contributed by atoms with Crippen molar-refractivity contribution in [3.05, 3.63) is 0 Å². The average Bonchev–Trinajstić information content (AvgIpc) is 1.73. The first-order valence-corrected chi connectivity index (χ1v) is 2.35. The molecule has 0 unspecified atom stereocenters. The molecule has 0 aromatic rings. The molecule has 1 rings (SSSR count). The van der Waals surface area contributed by atoms with Gasteiger partial charge in [0.2, 0.25) is 11.7 Å². The number of hydrogen-bond acceptors (Lipinski definition) is 0. The van der Waals surface area contributed by atoms with Gasteiger partial charge in [0.15, 0.2) is 0 Å². The van der Waals surface area contributed by atoms with Crippen LogP contribution in [-0.2, 0) is 0 Å². The summed E-state index contributed by atoms with van der Waals surface area (Å²) < 4.78 is 4.19. The van der Waals surface area contributed by atoms with Crippen LogP contribution in [0.4, 0.5) is 0 Å². The normalized spacial score (nSPS) is 39.5. The van der Waals surface area contributed by atoms with Crippen LogP contribution in [-0.4, -0.2) is 16.4 Å². The zero-order chi connectivity index (χ0) is 4.78. The van der Waals surface area contributed by atoms with E-state index in [2.05, 4.69) is 25.5 Å². The molecule has 0 aromatic carbocycles. The van der Waals surface area contributed by atoms with Crippen LogP contribution in [0.1, 0.15) is 20.8 Å². The van der Waals surface area contributed by atoms with Gasteiger partial charge in [0, 0.05) is 20.8 Å². The molecule has 0 bridgehead atoms. The van der Waals surface area contributed by atoms with E-state index in [-0.39, 0.29) is 0 Å². The minimum Gasteiger partial charge on any atom is -0.416 e. The summed E-state index contributed by atoms with van der Waals surface area (Å²) >= 11 is 0. The van der Waals surface area contributed by atoms with Gasteiger partial charge in [-0.2, -0.15) is 0 Å². The van der Waals surface area contributed by atoms with Crippen LogP contribution >= 0.6 is 0 Å². The molecule has 1 aliphatic rings. The van der Waals surface area contributed by atoms with Crippen LogP contribution in [0.2, 0.25) is 0 Å². The van der Waals surface area contributed by atoms with Crippen LogP contribution in [0.15, 0.2) is 0 Å². The van der Waals surface area contributed by atoms with Crippen molar-refractivity contribution >= 4 is 0 Å². The second-order valence-electron chi connectivity index (χ2n) is 2.46. The van der Waals surface area contributed by atoms with Crippen molar-refractivity contribution in [2.24, 2.45) is 0 Å². The Balaban J connectivity index is 2.41. The van der Waals surface area contributed by atoms with E-state index in [0.717, 1.165) is 0 Å². The second-order valence-corrected chi connectivity index (χ2v) is 2.46. The van der Waals surface area contributed by atoms with Crippen molar-refractivity contribution in [2.45, 2.75) is 32.5 Å². The van der Waals surface area contributed by atoms with Gasteiger partial charge < -0.3 is 4.74 Å². The number of epoxide rings is 1. The maximum absolute atomic E-state index is 4.19. The Labute approximate surface area is 38.3 Å². The highest BCUT2D eigenvalue weighted by molar-refractivity contribution is 4.88. The van der Waals surface area contributed by atoms with E-state index in [1.165, 1.54) is 0 Å². The van der Waals surface area contributed by atoms with Gasteiger partial charge in [-0.1, -0.05) is 0 Å². The van der Waals surface area contributed by atoms with Crippen molar-refractivity contribution in [1.82, 2.24) is 0 Å². The predicted molar refractivity (Wildman–Crippen MR) is 25.8 cm³/mol. The molecular formula is C5H11O+. The van der Waals surface area contributed by atoms with Gasteiger partial charge in [-0.05, 0) is 0 Å². The van der Waals surface area contributed by atoms with Gasteiger partial charge in [0.1, 0.15) is 0 Å². The smallest absolute Gasteiger partial charge is 0.231 e. The standard InChI is InChI=1S/C5H10O/c1-4-5(2,3)6-4/h4H,1-3H3/p+1/t4-/m1/s1. The summed E-state index contributed by atoms with van der Waals surface area (Å²) in [6.07, 6.45) is 0.623. The van der Waals surface area contributed by atoms with Gasteiger partial charge in [-0.3, -0.25) is 0 Å². The summed E-state index contributed by atoms with van der Waals surface area (Å²) in [5, 5.41) is 0. The number of rotatable bonds is 0. The summed E-state index contributed by atoms with van der Waals surface area (Å²) in [5.41, 5.74) is 0.333. The van der Waals surface area contributed by atoms with Crippen molar-refractivity contribution in [3.63, 3.8) is 0 Å². The molecule has 36 valence electrons. The quantitative estimate of drug-likeness (QED) is 0.304. The molecule has 1 saturated heterocycles. The topological polar surface area (TPSA) is 12.8 Å². The Kier molecular flexibility index (Phi) is 0.539. The van der Waals surface area contributed by atoms with Gasteiger partial charge in [-0.25, -0.2) is 0 Å². The molecule has 1 heteroatoms. The zero-order valence-corrected chi connectivity index (χ0v) is 4.52. The minimum atomic E-state index is 0.333. The fraction of sp³-hybridized carbons (Fsp3) is 1.00. The van der Waals surface area contributed by atoms with E-state index in [4.69, 9.17) is 0 Å². The highest BCUT2D eigenvalue weighted by Gasteiger charge is 2.52. The molecule has 1 heterocycles. The van der Waals surface area contributed by atoms with Crippen LogP contribution in [0.25, 0.3) is 0 Å². The molecule has 1 aliphatic heterocycles. The van der Waals surface area contributed by atoms with Crippen LogP contribution in [0, 0.1) is 0 Å². The Bertz CT molecular complexity index is 66.3. The highest BCUT2D eigenvalue weighted by Crippen LogP contribution is 2.29. The first-order chi connectivity index (χ1) is 2.63. The third-order valence-corrected chi connectivity index (χ3v) is 1.48. The van der Waals surface area contributed by atoms with E-state index < -0.39 is 0 Å². The van der Waals surface area contributed by atoms with Crippen LogP contribution in [0.5, 0.6) is 0 Å². The average molecular weight is 87.1 g/mol. The number of ether oxygens (including phenoxy) is 1. The molecule has 1 fully saturated rings. The van der Waals surface area contributed by atoms with Crippen molar-refractivity contribution in [1.29, 1.82) is 0 Å². The van der Waals surface area contributed by atoms with Crippen molar-refractivity contribution in [2.75, 3.05) is 0 Å². The van der Waals surface area contributed by atoms with Crippen molar-refractivity contribution < 1.29 is 4.74 Å². The maximum atomic E-state index is 4.19. The maximum Gasteiger partial charge on any atom is 0.231 e. The summed E-state index contributed by atoms with van der Waals surface area (Å²) in [4.78, 5) is 0. The van der Waals surface area contributed by atoms with E-state index in [9.17, 15) is 0 Å². The summed E-state index contributed by atoms with van der Waals surface area (Å²) in [5.74, 6) is 0. The lowest BCUT2D eigenvalue weighted by atomic mass is 10.2.